The predicted octanol–water partition coefficient (Wildman–Crippen LogP) is 5.07. The van der Waals surface area contributed by atoms with Gasteiger partial charge in [0.25, 0.3) is 0 Å². The minimum atomic E-state index is 0.787. The van der Waals surface area contributed by atoms with Gasteiger partial charge in [-0.15, -0.1) is 0 Å². The Labute approximate surface area is 169 Å². The van der Waals surface area contributed by atoms with Gasteiger partial charge in [0.15, 0.2) is 0 Å². The summed E-state index contributed by atoms with van der Waals surface area (Å²) in [4.78, 5) is 10.2. The summed E-state index contributed by atoms with van der Waals surface area (Å²) in [6.45, 7) is 11.5. The Kier molecular flexibility index (Phi) is 6.04. The Balaban J connectivity index is 1.53. The Morgan fingerprint density at radius 2 is 1.54 bits per heavy atom. The first-order valence-electron chi connectivity index (χ1n) is 10.6. The van der Waals surface area contributed by atoms with Crippen LogP contribution in [-0.2, 0) is 6.54 Å². The molecular formula is C25H31N3. The minimum absolute atomic E-state index is 0.787. The van der Waals surface area contributed by atoms with Gasteiger partial charge in [-0.3, -0.25) is 4.90 Å². The summed E-state index contributed by atoms with van der Waals surface area (Å²) in [5.41, 5.74) is 4.74. The van der Waals surface area contributed by atoms with Crippen molar-refractivity contribution in [2.24, 2.45) is 5.92 Å². The highest BCUT2D eigenvalue weighted by atomic mass is 15.3. The van der Waals surface area contributed by atoms with Crippen molar-refractivity contribution in [1.82, 2.24) is 14.8 Å². The van der Waals surface area contributed by atoms with Crippen molar-refractivity contribution in [3.63, 3.8) is 0 Å². The maximum absolute atomic E-state index is 5.04. The molecule has 0 N–H and O–H groups in total. The summed E-state index contributed by atoms with van der Waals surface area (Å²) >= 11 is 0. The van der Waals surface area contributed by atoms with E-state index in [0.717, 1.165) is 36.8 Å². The largest absolute Gasteiger partial charge is 0.301 e. The second-order valence-corrected chi connectivity index (χ2v) is 8.36. The lowest BCUT2D eigenvalue weighted by molar-refractivity contribution is 0.123. The average molecular weight is 374 g/mol. The van der Waals surface area contributed by atoms with E-state index in [-0.39, 0.29) is 0 Å². The van der Waals surface area contributed by atoms with Gasteiger partial charge in [-0.25, -0.2) is 4.98 Å². The molecule has 0 amide bonds. The van der Waals surface area contributed by atoms with E-state index < -0.39 is 0 Å². The number of hydrogen-bond acceptors (Lipinski definition) is 3. The zero-order valence-corrected chi connectivity index (χ0v) is 17.1. The molecule has 3 nitrogen and oxygen atoms in total. The normalized spacial score (nSPS) is 16.1. The average Bonchev–Trinajstić information content (AvgIpc) is 2.73. The topological polar surface area (TPSA) is 19.4 Å². The molecule has 3 heteroatoms. The Bertz CT molecular complexity index is 896. The monoisotopic (exact) mass is 373 g/mol. The van der Waals surface area contributed by atoms with Crippen LogP contribution >= 0.6 is 0 Å². The van der Waals surface area contributed by atoms with Crippen LogP contribution in [0.25, 0.3) is 22.2 Å². The van der Waals surface area contributed by atoms with Crippen LogP contribution in [0.3, 0.4) is 0 Å². The molecule has 0 radical (unpaired) electrons. The SMILES string of the molecule is CC(C)CCN1CCN(Cc2cc3ccccc3nc2-c2ccccc2)CC1. The van der Waals surface area contributed by atoms with Gasteiger partial charge < -0.3 is 4.90 Å². The van der Waals surface area contributed by atoms with E-state index in [9.17, 15) is 0 Å². The Hall–Kier alpha value is -2.23. The molecule has 0 spiro atoms. The molecule has 0 saturated carbocycles. The summed E-state index contributed by atoms with van der Waals surface area (Å²) in [6.07, 6.45) is 1.30. The van der Waals surface area contributed by atoms with Gasteiger partial charge in [-0.05, 0) is 36.6 Å². The van der Waals surface area contributed by atoms with Crippen LogP contribution in [0.5, 0.6) is 0 Å². The molecule has 0 unspecified atom stereocenters. The number of rotatable bonds is 6. The van der Waals surface area contributed by atoms with Crippen molar-refractivity contribution >= 4 is 10.9 Å². The van der Waals surface area contributed by atoms with Gasteiger partial charge in [0, 0.05) is 43.7 Å². The molecule has 0 bridgehead atoms. The lowest BCUT2D eigenvalue weighted by atomic mass is 10.0. The molecule has 0 atom stereocenters. The van der Waals surface area contributed by atoms with E-state index in [1.807, 2.05) is 0 Å². The Morgan fingerprint density at radius 1 is 0.857 bits per heavy atom. The van der Waals surface area contributed by atoms with Crippen LogP contribution in [0.1, 0.15) is 25.8 Å². The maximum atomic E-state index is 5.04. The number of pyridine rings is 1. The smallest absolute Gasteiger partial charge is 0.0754 e. The van der Waals surface area contributed by atoms with Gasteiger partial charge in [0.1, 0.15) is 0 Å². The van der Waals surface area contributed by atoms with Gasteiger partial charge in [-0.1, -0.05) is 62.4 Å². The van der Waals surface area contributed by atoms with Gasteiger partial charge >= 0.3 is 0 Å². The molecule has 4 rings (SSSR count). The molecule has 0 aliphatic carbocycles. The first-order valence-corrected chi connectivity index (χ1v) is 10.6. The number of benzene rings is 2. The number of nitrogens with zero attached hydrogens (tertiary/aromatic N) is 3. The third-order valence-corrected chi connectivity index (χ3v) is 5.73. The first-order chi connectivity index (χ1) is 13.7. The molecule has 3 aromatic rings. The van der Waals surface area contributed by atoms with E-state index in [2.05, 4.69) is 84.3 Å². The standard InChI is InChI=1S/C25H31N3/c1-20(2)12-13-27-14-16-28(17-15-27)19-23-18-22-10-6-7-11-24(22)26-25(23)21-8-4-3-5-9-21/h3-11,18,20H,12-17,19H2,1-2H3. The molecule has 1 aromatic heterocycles. The number of hydrogen-bond donors (Lipinski definition) is 0. The van der Waals surface area contributed by atoms with E-state index in [0.29, 0.717) is 0 Å². The summed E-state index contributed by atoms with van der Waals surface area (Å²) < 4.78 is 0. The molecule has 1 aliphatic rings. The van der Waals surface area contributed by atoms with Gasteiger partial charge in [0.05, 0.1) is 11.2 Å². The molecule has 2 heterocycles. The van der Waals surface area contributed by atoms with Crippen LogP contribution < -0.4 is 0 Å². The predicted molar refractivity (Wildman–Crippen MR) is 118 cm³/mol. The number of aromatic nitrogens is 1. The van der Waals surface area contributed by atoms with Crippen molar-refractivity contribution in [2.45, 2.75) is 26.8 Å². The summed E-state index contributed by atoms with van der Waals surface area (Å²) in [6, 6.07) is 21.4. The van der Waals surface area contributed by atoms with Crippen molar-refractivity contribution in [2.75, 3.05) is 32.7 Å². The van der Waals surface area contributed by atoms with Crippen LogP contribution in [0.15, 0.2) is 60.7 Å². The van der Waals surface area contributed by atoms with Crippen LogP contribution in [0, 0.1) is 5.92 Å². The summed E-state index contributed by atoms with van der Waals surface area (Å²) in [5.74, 6) is 0.787. The highest BCUT2D eigenvalue weighted by Crippen LogP contribution is 2.27. The second-order valence-electron chi connectivity index (χ2n) is 8.36. The van der Waals surface area contributed by atoms with E-state index >= 15 is 0 Å². The lowest BCUT2D eigenvalue weighted by Gasteiger charge is -2.35. The maximum Gasteiger partial charge on any atom is 0.0754 e. The van der Waals surface area contributed by atoms with E-state index in [4.69, 9.17) is 4.98 Å². The van der Waals surface area contributed by atoms with Crippen molar-refractivity contribution in [3.05, 3.63) is 66.2 Å². The molecule has 1 fully saturated rings. The fourth-order valence-electron chi connectivity index (χ4n) is 3.98. The second kappa shape index (κ2) is 8.85. The minimum Gasteiger partial charge on any atom is -0.301 e. The van der Waals surface area contributed by atoms with Crippen molar-refractivity contribution in [3.8, 4) is 11.3 Å². The zero-order valence-electron chi connectivity index (χ0n) is 17.1. The molecule has 1 aliphatic heterocycles. The lowest BCUT2D eigenvalue weighted by Crippen LogP contribution is -2.46. The van der Waals surface area contributed by atoms with Gasteiger partial charge in [0.2, 0.25) is 0 Å². The van der Waals surface area contributed by atoms with E-state index in [1.165, 1.54) is 42.6 Å². The van der Waals surface area contributed by atoms with Crippen LogP contribution in [0.2, 0.25) is 0 Å². The van der Waals surface area contributed by atoms with Crippen molar-refractivity contribution in [1.29, 1.82) is 0 Å². The van der Waals surface area contributed by atoms with Crippen LogP contribution in [-0.4, -0.2) is 47.5 Å². The van der Waals surface area contributed by atoms with Gasteiger partial charge in [-0.2, -0.15) is 0 Å². The van der Waals surface area contributed by atoms with Crippen molar-refractivity contribution < 1.29 is 0 Å². The quantitative estimate of drug-likeness (QED) is 0.602. The molecule has 1 saturated heterocycles. The molecule has 146 valence electrons. The number of para-hydroxylation sites is 1. The fraction of sp³-hybridized carbons (Fsp3) is 0.400. The third kappa shape index (κ3) is 4.60. The summed E-state index contributed by atoms with van der Waals surface area (Å²) in [7, 11) is 0. The Morgan fingerprint density at radius 3 is 2.29 bits per heavy atom. The first kappa shape index (κ1) is 19.1. The van der Waals surface area contributed by atoms with Crippen LogP contribution in [0.4, 0.5) is 0 Å². The number of piperazine rings is 1. The zero-order chi connectivity index (χ0) is 19.3. The van der Waals surface area contributed by atoms with E-state index in [1.54, 1.807) is 0 Å². The fourth-order valence-corrected chi connectivity index (χ4v) is 3.98. The highest BCUT2D eigenvalue weighted by Gasteiger charge is 2.19. The number of fused-ring (bicyclic) bond motifs is 1. The molecule has 2 aromatic carbocycles. The summed E-state index contributed by atoms with van der Waals surface area (Å²) in [5, 5.41) is 1.23. The molecular weight excluding hydrogens is 342 g/mol. The highest BCUT2D eigenvalue weighted by molar-refractivity contribution is 5.83. The molecule has 28 heavy (non-hydrogen) atoms. The third-order valence-electron chi connectivity index (χ3n) is 5.73.